The van der Waals surface area contributed by atoms with Gasteiger partial charge in [0.05, 0.1) is 27.4 Å². The van der Waals surface area contributed by atoms with E-state index >= 15 is 0 Å². The topological polar surface area (TPSA) is 126 Å². The van der Waals surface area contributed by atoms with Crippen molar-refractivity contribution in [1.29, 1.82) is 0 Å². The lowest BCUT2D eigenvalue weighted by molar-refractivity contribution is -0.384. The maximum Gasteiger partial charge on any atom is 0.344 e. The van der Waals surface area contributed by atoms with Crippen LogP contribution in [0, 0.1) is 15.9 Å². The van der Waals surface area contributed by atoms with Gasteiger partial charge in [-0.15, -0.1) is 5.10 Å². The second-order valence-electron chi connectivity index (χ2n) is 8.69. The molecule has 38 heavy (non-hydrogen) atoms. The van der Waals surface area contributed by atoms with Gasteiger partial charge in [0.2, 0.25) is 5.88 Å². The molecule has 0 fully saturated rings. The largest absolute Gasteiger partial charge is 0.437 e. The number of ether oxygens (including phenoxy) is 1. The highest BCUT2D eigenvalue weighted by atomic mass is 19.1. The summed E-state index contributed by atoms with van der Waals surface area (Å²) in [5.74, 6) is -0.525. The van der Waals surface area contributed by atoms with Gasteiger partial charge in [0.25, 0.3) is 5.69 Å². The quantitative estimate of drug-likeness (QED) is 0.181. The molecule has 0 amide bonds. The van der Waals surface area contributed by atoms with E-state index < -0.39 is 22.3 Å². The van der Waals surface area contributed by atoms with E-state index in [4.69, 9.17) is 9.15 Å². The Morgan fingerprint density at radius 2 is 1.82 bits per heavy atom. The number of rotatable bonds is 3. The van der Waals surface area contributed by atoms with E-state index in [9.17, 15) is 19.3 Å². The number of aromatic nitrogens is 4. The van der Waals surface area contributed by atoms with Crippen molar-refractivity contribution in [3.05, 3.63) is 122 Å². The molecule has 7 rings (SSSR count). The zero-order chi connectivity index (χ0) is 26.0. The van der Waals surface area contributed by atoms with Crippen LogP contribution >= 0.6 is 0 Å². The second-order valence-corrected chi connectivity index (χ2v) is 8.69. The molecule has 1 unspecified atom stereocenters. The molecule has 1 aliphatic heterocycles. The fourth-order valence-electron chi connectivity index (χ4n) is 4.80. The Balaban J connectivity index is 1.54. The van der Waals surface area contributed by atoms with Crippen LogP contribution < -0.4 is 10.4 Å². The van der Waals surface area contributed by atoms with Gasteiger partial charge in [0.15, 0.2) is 17.2 Å². The van der Waals surface area contributed by atoms with Gasteiger partial charge in [-0.05, 0) is 42.0 Å². The van der Waals surface area contributed by atoms with Crippen LogP contribution in [0.2, 0.25) is 0 Å². The van der Waals surface area contributed by atoms with E-state index in [1.807, 2.05) is 0 Å². The molecule has 0 aliphatic carbocycles. The van der Waals surface area contributed by atoms with Gasteiger partial charge in [-0.25, -0.2) is 23.7 Å². The van der Waals surface area contributed by atoms with Crippen LogP contribution in [0.1, 0.15) is 22.6 Å². The Morgan fingerprint density at radius 3 is 2.63 bits per heavy atom. The summed E-state index contributed by atoms with van der Waals surface area (Å²) in [7, 11) is 0. The van der Waals surface area contributed by atoms with Gasteiger partial charge in [-0.2, -0.15) is 0 Å². The molecule has 0 N–H and O–H groups in total. The Kier molecular flexibility index (Phi) is 4.61. The number of fused-ring (bicyclic) bond motifs is 6. The van der Waals surface area contributed by atoms with Crippen LogP contribution in [0.3, 0.4) is 0 Å². The summed E-state index contributed by atoms with van der Waals surface area (Å²) in [4.78, 5) is 33.6. The molecule has 1 atom stereocenters. The highest BCUT2D eigenvalue weighted by Gasteiger charge is 2.38. The average molecular weight is 507 g/mol. The Morgan fingerprint density at radius 1 is 1.00 bits per heavy atom. The summed E-state index contributed by atoms with van der Waals surface area (Å²) < 4.78 is 26.8. The van der Waals surface area contributed by atoms with Crippen LogP contribution in [-0.4, -0.2) is 24.5 Å². The van der Waals surface area contributed by atoms with Crippen LogP contribution in [0.5, 0.6) is 11.6 Å². The molecule has 11 heteroatoms. The molecule has 0 bridgehead atoms. The van der Waals surface area contributed by atoms with Crippen molar-refractivity contribution in [1.82, 2.24) is 19.6 Å². The van der Waals surface area contributed by atoms with E-state index in [0.29, 0.717) is 39.1 Å². The van der Waals surface area contributed by atoms with E-state index in [1.165, 1.54) is 35.1 Å². The molecule has 0 radical (unpaired) electrons. The van der Waals surface area contributed by atoms with Crippen molar-refractivity contribution in [3.63, 3.8) is 0 Å². The van der Waals surface area contributed by atoms with E-state index in [1.54, 1.807) is 48.5 Å². The van der Waals surface area contributed by atoms with E-state index in [0.717, 1.165) is 0 Å². The van der Waals surface area contributed by atoms with E-state index in [-0.39, 0.29) is 22.9 Å². The van der Waals surface area contributed by atoms with Gasteiger partial charge in [0, 0.05) is 17.7 Å². The van der Waals surface area contributed by atoms with Crippen molar-refractivity contribution < 1.29 is 18.5 Å². The Bertz CT molecular complexity index is 1980. The molecule has 6 aromatic rings. The van der Waals surface area contributed by atoms with Crippen molar-refractivity contribution >= 4 is 22.3 Å². The van der Waals surface area contributed by atoms with Crippen LogP contribution in [0.4, 0.5) is 10.1 Å². The number of benzene rings is 3. The highest BCUT2D eigenvalue weighted by Crippen LogP contribution is 2.49. The van der Waals surface area contributed by atoms with Crippen molar-refractivity contribution in [2.75, 3.05) is 0 Å². The number of hydrogen-bond acceptors (Lipinski definition) is 8. The third kappa shape index (κ3) is 3.25. The monoisotopic (exact) mass is 507 g/mol. The number of halogens is 1. The van der Waals surface area contributed by atoms with Crippen molar-refractivity contribution in [2.45, 2.75) is 5.92 Å². The number of hydrogen-bond donors (Lipinski definition) is 0. The summed E-state index contributed by atoms with van der Waals surface area (Å²) >= 11 is 0. The zero-order valence-electron chi connectivity index (χ0n) is 19.2. The lowest BCUT2D eigenvalue weighted by Gasteiger charge is -2.27. The lowest BCUT2D eigenvalue weighted by atomic mass is 9.84. The molecule has 0 spiro atoms. The van der Waals surface area contributed by atoms with Crippen LogP contribution in [-0.2, 0) is 0 Å². The maximum absolute atomic E-state index is 13.5. The van der Waals surface area contributed by atoms with E-state index in [2.05, 4.69) is 15.1 Å². The Hall–Kier alpha value is -5.45. The molecule has 3 aromatic carbocycles. The minimum absolute atomic E-state index is 0.143. The van der Waals surface area contributed by atoms with Gasteiger partial charge in [0.1, 0.15) is 17.7 Å². The highest BCUT2D eigenvalue weighted by molar-refractivity contribution is 5.87. The molecular formula is C27H14FN5O5. The predicted molar refractivity (Wildman–Crippen MR) is 133 cm³/mol. The summed E-state index contributed by atoms with van der Waals surface area (Å²) in [5.41, 5.74) is 1.44. The smallest absolute Gasteiger partial charge is 0.344 e. The second kappa shape index (κ2) is 8.03. The molecular weight excluding hydrogens is 493 g/mol. The first-order valence-corrected chi connectivity index (χ1v) is 11.5. The first kappa shape index (κ1) is 21.8. The molecule has 0 saturated heterocycles. The molecule has 4 heterocycles. The number of nitro benzene ring substituents is 1. The standard InChI is InChI=1S/C27H14FN5O5/c28-16-10-8-14(9-11-16)24-30-25-22-20(15-4-3-5-17(12-15)33(35)36)21-23(38-26(22)29-13-32(25)31-24)18-6-1-2-7-19(18)37-27(21)34/h1-13,20H. The fraction of sp³-hybridized carbons (Fsp3) is 0.0370. The fourth-order valence-corrected chi connectivity index (χ4v) is 4.80. The molecule has 3 aromatic heterocycles. The number of para-hydroxylation sites is 1. The van der Waals surface area contributed by atoms with Crippen LogP contribution in [0.25, 0.3) is 28.0 Å². The van der Waals surface area contributed by atoms with Gasteiger partial charge in [-0.1, -0.05) is 24.3 Å². The number of nitro groups is 1. The summed E-state index contributed by atoms with van der Waals surface area (Å²) in [6, 6.07) is 18.6. The van der Waals surface area contributed by atoms with Crippen molar-refractivity contribution in [3.8, 4) is 23.0 Å². The normalized spacial score (nSPS) is 14.2. The predicted octanol–water partition coefficient (Wildman–Crippen LogP) is 5.23. The zero-order valence-corrected chi connectivity index (χ0v) is 19.2. The van der Waals surface area contributed by atoms with Gasteiger partial charge in [-0.3, -0.25) is 10.1 Å². The third-order valence-corrected chi connectivity index (χ3v) is 6.48. The van der Waals surface area contributed by atoms with Gasteiger partial charge >= 0.3 is 5.63 Å². The summed E-state index contributed by atoms with van der Waals surface area (Å²) in [6.07, 6.45) is 1.43. The number of non-ortho nitro benzene ring substituents is 1. The summed E-state index contributed by atoms with van der Waals surface area (Å²) in [5, 5.41) is 16.6. The maximum atomic E-state index is 13.5. The lowest BCUT2D eigenvalue weighted by Crippen LogP contribution is -2.22. The first-order chi connectivity index (χ1) is 18.5. The minimum Gasteiger partial charge on any atom is -0.437 e. The minimum atomic E-state index is -0.865. The van der Waals surface area contributed by atoms with Gasteiger partial charge < -0.3 is 9.15 Å². The third-order valence-electron chi connectivity index (χ3n) is 6.48. The SMILES string of the molecule is O=c1oc2ccccc2c2c1C(c1cccc([N+](=O)[O-])c1)c1c(ncn3nc(-c4ccc(F)cc4)nc13)O2. The number of nitrogens with zero attached hydrogens (tertiary/aromatic N) is 5. The summed E-state index contributed by atoms with van der Waals surface area (Å²) in [6.45, 7) is 0. The van der Waals surface area contributed by atoms with Crippen molar-refractivity contribution in [2.24, 2.45) is 0 Å². The first-order valence-electron chi connectivity index (χ1n) is 11.5. The molecule has 0 saturated carbocycles. The average Bonchev–Trinajstić information content (AvgIpc) is 3.37. The Labute approximate surface area is 211 Å². The molecule has 1 aliphatic rings. The van der Waals surface area contributed by atoms with Crippen LogP contribution in [0.15, 0.2) is 88.3 Å². The molecule has 10 nitrogen and oxygen atoms in total. The molecule has 184 valence electrons.